The van der Waals surface area contributed by atoms with Gasteiger partial charge in [0.1, 0.15) is 0 Å². The maximum Gasteiger partial charge on any atom is 0.238 e. The number of rotatable bonds is 8. The topological polar surface area (TPSA) is 62.6 Å². The number of amides is 1. The van der Waals surface area contributed by atoms with Crippen molar-refractivity contribution in [2.24, 2.45) is 13.0 Å². The summed E-state index contributed by atoms with van der Waals surface area (Å²) in [5, 5.41) is 0. The maximum absolute atomic E-state index is 12.7. The highest BCUT2D eigenvalue weighted by molar-refractivity contribution is 7.88. The molecule has 0 unspecified atom stereocenters. The summed E-state index contributed by atoms with van der Waals surface area (Å²) >= 11 is 0. The standard InChI is InChI=1S/C16H29N3O3S/c1-13(2)10-18(11-15-8-7-9-17(15)5)16(20)12-19(14(3)4)23(6,21)22/h7-9,13-14H,10-12H2,1-6H3. The average Bonchev–Trinajstić information content (AvgIpc) is 2.78. The Kier molecular flexibility index (Phi) is 6.83. The van der Waals surface area contributed by atoms with Crippen LogP contribution in [0.15, 0.2) is 18.3 Å². The van der Waals surface area contributed by atoms with Crippen molar-refractivity contribution in [3.63, 3.8) is 0 Å². The lowest BCUT2D eigenvalue weighted by atomic mass is 10.2. The van der Waals surface area contributed by atoms with Gasteiger partial charge in [0.25, 0.3) is 0 Å². The minimum Gasteiger partial charge on any atom is -0.353 e. The second-order valence-electron chi connectivity index (χ2n) is 6.68. The van der Waals surface area contributed by atoms with E-state index >= 15 is 0 Å². The lowest BCUT2D eigenvalue weighted by Gasteiger charge is -2.29. The number of carbonyl (C=O) groups is 1. The van der Waals surface area contributed by atoms with Gasteiger partial charge in [0, 0.05) is 31.5 Å². The number of aryl methyl sites for hydroxylation is 1. The largest absolute Gasteiger partial charge is 0.353 e. The van der Waals surface area contributed by atoms with Gasteiger partial charge < -0.3 is 9.47 Å². The van der Waals surface area contributed by atoms with Gasteiger partial charge in [0.15, 0.2) is 0 Å². The molecule has 132 valence electrons. The van der Waals surface area contributed by atoms with Gasteiger partial charge in [-0.25, -0.2) is 8.42 Å². The quantitative estimate of drug-likeness (QED) is 0.721. The van der Waals surface area contributed by atoms with Crippen LogP contribution in [0.2, 0.25) is 0 Å². The molecule has 1 aromatic heterocycles. The highest BCUT2D eigenvalue weighted by Gasteiger charge is 2.26. The minimum absolute atomic E-state index is 0.117. The molecule has 0 N–H and O–H groups in total. The van der Waals surface area contributed by atoms with Gasteiger partial charge in [-0.2, -0.15) is 4.31 Å². The monoisotopic (exact) mass is 343 g/mol. The van der Waals surface area contributed by atoms with Gasteiger partial charge in [-0.15, -0.1) is 0 Å². The Hall–Kier alpha value is -1.34. The van der Waals surface area contributed by atoms with Crippen LogP contribution in [-0.4, -0.2) is 53.5 Å². The van der Waals surface area contributed by atoms with E-state index in [1.54, 1.807) is 18.7 Å². The Bertz CT molecular complexity index is 620. The van der Waals surface area contributed by atoms with E-state index in [0.29, 0.717) is 19.0 Å². The number of hydrogen-bond acceptors (Lipinski definition) is 3. The molecule has 0 bridgehead atoms. The van der Waals surface area contributed by atoms with E-state index in [1.165, 1.54) is 4.31 Å². The summed E-state index contributed by atoms with van der Waals surface area (Å²) in [6.45, 7) is 8.60. The predicted molar refractivity (Wildman–Crippen MR) is 92.4 cm³/mol. The number of sulfonamides is 1. The fraction of sp³-hybridized carbons (Fsp3) is 0.688. The van der Waals surface area contributed by atoms with E-state index < -0.39 is 10.0 Å². The van der Waals surface area contributed by atoms with Gasteiger partial charge >= 0.3 is 0 Å². The van der Waals surface area contributed by atoms with E-state index in [2.05, 4.69) is 0 Å². The SMILES string of the molecule is CC(C)CN(Cc1cccn1C)C(=O)CN(C(C)C)S(C)(=O)=O. The fourth-order valence-electron chi connectivity index (χ4n) is 2.47. The Balaban J connectivity index is 2.93. The van der Waals surface area contributed by atoms with Crippen molar-refractivity contribution in [2.45, 2.75) is 40.3 Å². The van der Waals surface area contributed by atoms with Crippen molar-refractivity contribution in [2.75, 3.05) is 19.3 Å². The van der Waals surface area contributed by atoms with Gasteiger partial charge in [0.2, 0.25) is 15.9 Å². The Morgan fingerprint density at radius 1 is 1.26 bits per heavy atom. The summed E-state index contributed by atoms with van der Waals surface area (Å²) < 4.78 is 27.0. The molecular formula is C16H29N3O3S. The van der Waals surface area contributed by atoms with Crippen LogP contribution in [-0.2, 0) is 28.4 Å². The molecule has 0 aliphatic heterocycles. The fourth-order valence-corrected chi connectivity index (χ4v) is 3.58. The Morgan fingerprint density at radius 2 is 1.87 bits per heavy atom. The number of carbonyl (C=O) groups excluding carboxylic acids is 1. The van der Waals surface area contributed by atoms with Crippen molar-refractivity contribution < 1.29 is 13.2 Å². The van der Waals surface area contributed by atoms with Gasteiger partial charge in [-0.1, -0.05) is 13.8 Å². The second-order valence-corrected chi connectivity index (χ2v) is 8.62. The molecule has 0 atom stereocenters. The Labute approximate surface area is 140 Å². The third-order valence-corrected chi connectivity index (χ3v) is 5.04. The molecule has 23 heavy (non-hydrogen) atoms. The van der Waals surface area contributed by atoms with Crippen molar-refractivity contribution in [3.05, 3.63) is 24.0 Å². The van der Waals surface area contributed by atoms with Crippen LogP contribution in [0, 0.1) is 5.92 Å². The molecule has 0 aliphatic carbocycles. The first-order valence-electron chi connectivity index (χ1n) is 7.87. The Morgan fingerprint density at radius 3 is 2.26 bits per heavy atom. The average molecular weight is 343 g/mol. The zero-order chi connectivity index (χ0) is 17.8. The van der Waals surface area contributed by atoms with Crippen LogP contribution >= 0.6 is 0 Å². The summed E-state index contributed by atoms with van der Waals surface area (Å²) in [6, 6.07) is 3.66. The molecule has 1 rings (SSSR count). The first kappa shape index (κ1) is 19.7. The zero-order valence-electron chi connectivity index (χ0n) is 15.0. The number of aromatic nitrogens is 1. The summed E-state index contributed by atoms with van der Waals surface area (Å²) in [7, 11) is -1.48. The van der Waals surface area contributed by atoms with E-state index in [9.17, 15) is 13.2 Å². The number of nitrogens with zero attached hydrogens (tertiary/aromatic N) is 3. The van der Waals surface area contributed by atoms with E-state index in [4.69, 9.17) is 0 Å². The van der Waals surface area contributed by atoms with E-state index in [1.807, 2.05) is 43.8 Å². The molecule has 0 aliphatic rings. The zero-order valence-corrected chi connectivity index (χ0v) is 15.8. The van der Waals surface area contributed by atoms with Gasteiger partial charge in [-0.05, 0) is 31.9 Å². The maximum atomic E-state index is 12.7. The molecule has 1 aromatic rings. The third kappa shape index (κ3) is 5.99. The normalized spacial score (nSPS) is 12.4. The first-order chi connectivity index (χ1) is 10.5. The van der Waals surface area contributed by atoms with E-state index in [0.717, 1.165) is 11.9 Å². The van der Waals surface area contributed by atoms with Crippen molar-refractivity contribution >= 4 is 15.9 Å². The van der Waals surface area contributed by atoms with Crippen molar-refractivity contribution in [3.8, 4) is 0 Å². The minimum atomic E-state index is -3.41. The lowest BCUT2D eigenvalue weighted by molar-refractivity contribution is -0.132. The molecule has 6 nitrogen and oxygen atoms in total. The van der Waals surface area contributed by atoms with Crippen LogP contribution in [0.25, 0.3) is 0 Å². The molecule has 0 aromatic carbocycles. The summed E-state index contributed by atoms with van der Waals surface area (Å²) in [4.78, 5) is 14.4. The predicted octanol–water partition coefficient (Wildman–Crippen LogP) is 1.68. The van der Waals surface area contributed by atoms with E-state index in [-0.39, 0.29) is 18.5 Å². The van der Waals surface area contributed by atoms with Crippen LogP contribution in [0.4, 0.5) is 0 Å². The lowest BCUT2D eigenvalue weighted by Crippen LogP contribution is -2.46. The van der Waals surface area contributed by atoms with Gasteiger partial charge in [-0.3, -0.25) is 4.79 Å². The molecule has 7 heteroatoms. The number of hydrogen-bond donors (Lipinski definition) is 0. The molecule has 1 amide bonds. The molecular weight excluding hydrogens is 314 g/mol. The molecule has 0 saturated heterocycles. The smallest absolute Gasteiger partial charge is 0.238 e. The molecule has 1 heterocycles. The molecule has 0 saturated carbocycles. The first-order valence-corrected chi connectivity index (χ1v) is 9.72. The summed E-state index contributed by atoms with van der Waals surface area (Å²) in [5.41, 5.74) is 1.02. The third-order valence-electron chi connectivity index (χ3n) is 3.64. The molecule has 0 radical (unpaired) electrons. The second kappa shape index (κ2) is 7.97. The van der Waals surface area contributed by atoms with Gasteiger partial charge in [0.05, 0.1) is 19.3 Å². The highest BCUT2D eigenvalue weighted by Crippen LogP contribution is 2.11. The van der Waals surface area contributed by atoms with Crippen LogP contribution < -0.4 is 0 Å². The van der Waals surface area contributed by atoms with Crippen LogP contribution in [0.1, 0.15) is 33.4 Å². The summed E-state index contributed by atoms with van der Waals surface area (Å²) in [6.07, 6.45) is 3.08. The summed E-state index contributed by atoms with van der Waals surface area (Å²) in [5.74, 6) is 0.143. The highest BCUT2D eigenvalue weighted by atomic mass is 32.2. The molecule has 0 spiro atoms. The molecule has 0 fully saturated rings. The van der Waals surface area contributed by atoms with Crippen molar-refractivity contribution in [1.29, 1.82) is 0 Å². The van der Waals surface area contributed by atoms with Crippen molar-refractivity contribution in [1.82, 2.24) is 13.8 Å². The van der Waals surface area contributed by atoms with Crippen LogP contribution in [0.3, 0.4) is 0 Å². The van der Waals surface area contributed by atoms with Crippen LogP contribution in [0.5, 0.6) is 0 Å².